The maximum Gasteiger partial charge on any atom is 0.263 e. The zero-order chi connectivity index (χ0) is 19.4. The highest BCUT2D eigenvalue weighted by atomic mass is 32.2. The molecule has 0 aliphatic rings. The lowest BCUT2D eigenvalue weighted by molar-refractivity contribution is 0.102. The molecule has 3 aromatic rings. The summed E-state index contributed by atoms with van der Waals surface area (Å²) in [6, 6.07) is 13.2. The summed E-state index contributed by atoms with van der Waals surface area (Å²) in [5.41, 5.74) is 2.03. The minimum absolute atomic E-state index is 0.0734. The standard InChI is InChI=1S/C18H18N4O3S2/c1-3-16-20-21-18(26-16)22-27(24,25)15-9-7-14(8-10-15)19-17(23)13-6-4-5-12(2)11-13/h4-11H,3H2,1-2H3,(H,19,23)(H,21,22). The first-order chi connectivity index (χ1) is 12.9. The van der Waals surface area contributed by atoms with E-state index in [1.807, 2.05) is 26.0 Å². The Bertz CT molecular complexity index is 1060. The number of nitrogens with zero attached hydrogens (tertiary/aromatic N) is 2. The van der Waals surface area contributed by atoms with Crippen LogP contribution in [0.3, 0.4) is 0 Å². The van der Waals surface area contributed by atoms with E-state index in [2.05, 4.69) is 20.2 Å². The molecule has 0 aliphatic carbocycles. The largest absolute Gasteiger partial charge is 0.322 e. The van der Waals surface area contributed by atoms with Crippen LogP contribution in [0.5, 0.6) is 0 Å². The predicted octanol–water partition coefficient (Wildman–Crippen LogP) is 3.46. The minimum Gasteiger partial charge on any atom is -0.322 e. The number of carbonyl (C=O) groups excluding carboxylic acids is 1. The summed E-state index contributed by atoms with van der Waals surface area (Å²) >= 11 is 1.20. The van der Waals surface area contributed by atoms with Crippen molar-refractivity contribution in [3.63, 3.8) is 0 Å². The fourth-order valence-electron chi connectivity index (χ4n) is 2.32. The topological polar surface area (TPSA) is 101 Å². The molecule has 2 aromatic carbocycles. The molecule has 3 rings (SSSR count). The second-order valence-electron chi connectivity index (χ2n) is 5.81. The summed E-state index contributed by atoms with van der Waals surface area (Å²) in [7, 11) is -3.77. The lowest BCUT2D eigenvalue weighted by Crippen LogP contribution is -2.14. The molecule has 140 valence electrons. The maximum absolute atomic E-state index is 12.4. The van der Waals surface area contributed by atoms with E-state index in [4.69, 9.17) is 0 Å². The lowest BCUT2D eigenvalue weighted by Gasteiger charge is -2.08. The number of sulfonamides is 1. The molecule has 0 aliphatic heterocycles. The van der Waals surface area contributed by atoms with Crippen LogP contribution < -0.4 is 10.0 Å². The quantitative estimate of drug-likeness (QED) is 0.657. The molecule has 1 amide bonds. The van der Waals surface area contributed by atoms with Gasteiger partial charge in [-0.05, 0) is 49.7 Å². The average molecular weight is 403 g/mol. The van der Waals surface area contributed by atoms with Gasteiger partial charge in [-0.15, -0.1) is 10.2 Å². The number of hydrogen-bond acceptors (Lipinski definition) is 6. The van der Waals surface area contributed by atoms with E-state index in [1.165, 1.54) is 23.5 Å². The average Bonchev–Trinajstić information content (AvgIpc) is 3.09. The summed E-state index contributed by atoms with van der Waals surface area (Å²) in [5, 5.41) is 11.4. The van der Waals surface area contributed by atoms with Crippen molar-refractivity contribution in [3.05, 3.63) is 64.7 Å². The molecule has 0 spiro atoms. The number of nitrogens with one attached hydrogen (secondary N) is 2. The third-order valence-electron chi connectivity index (χ3n) is 3.69. The van der Waals surface area contributed by atoms with E-state index in [1.54, 1.807) is 24.3 Å². The SMILES string of the molecule is CCc1nnc(NS(=O)(=O)c2ccc(NC(=O)c3cccc(C)c3)cc2)s1. The van der Waals surface area contributed by atoms with Crippen LogP contribution in [0, 0.1) is 6.92 Å². The van der Waals surface area contributed by atoms with Crippen LogP contribution in [0.4, 0.5) is 10.8 Å². The molecule has 0 atom stereocenters. The van der Waals surface area contributed by atoms with Crippen LogP contribution in [-0.2, 0) is 16.4 Å². The van der Waals surface area contributed by atoms with Gasteiger partial charge in [0.2, 0.25) is 5.13 Å². The van der Waals surface area contributed by atoms with Gasteiger partial charge >= 0.3 is 0 Å². The first-order valence-corrected chi connectivity index (χ1v) is 10.5. The number of anilines is 2. The van der Waals surface area contributed by atoms with Crippen molar-refractivity contribution in [2.45, 2.75) is 25.2 Å². The second kappa shape index (κ2) is 7.85. The zero-order valence-electron chi connectivity index (χ0n) is 14.8. The van der Waals surface area contributed by atoms with Gasteiger partial charge in [-0.2, -0.15) is 0 Å². The minimum atomic E-state index is -3.77. The summed E-state index contributed by atoms with van der Waals surface area (Å²) in [6.45, 7) is 3.83. The Morgan fingerprint density at radius 1 is 1.11 bits per heavy atom. The molecule has 0 saturated heterocycles. The van der Waals surface area contributed by atoms with E-state index in [-0.39, 0.29) is 15.9 Å². The number of carbonyl (C=O) groups is 1. The Kier molecular flexibility index (Phi) is 5.52. The Hall–Kier alpha value is -2.78. The molecular formula is C18H18N4O3S2. The Balaban J connectivity index is 1.71. The van der Waals surface area contributed by atoms with Gasteiger partial charge in [0.15, 0.2) is 0 Å². The van der Waals surface area contributed by atoms with Crippen LogP contribution in [0.1, 0.15) is 27.9 Å². The van der Waals surface area contributed by atoms with Crippen LogP contribution in [0.25, 0.3) is 0 Å². The van der Waals surface area contributed by atoms with Gasteiger partial charge in [-0.1, -0.05) is 36.0 Å². The predicted molar refractivity (Wildman–Crippen MR) is 106 cm³/mol. The Labute approximate surface area is 161 Å². The van der Waals surface area contributed by atoms with Gasteiger partial charge in [0.05, 0.1) is 4.90 Å². The highest BCUT2D eigenvalue weighted by Crippen LogP contribution is 2.21. The highest BCUT2D eigenvalue weighted by Gasteiger charge is 2.17. The molecule has 0 unspecified atom stereocenters. The van der Waals surface area contributed by atoms with Gasteiger partial charge in [0, 0.05) is 11.3 Å². The Morgan fingerprint density at radius 3 is 2.48 bits per heavy atom. The van der Waals surface area contributed by atoms with E-state index >= 15 is 0 Å². The first kappa shape index (κ1) is 19.0. The fraction of sp³-hybridized carbons (Fsp3) is 0.167. The van der Waals surface area contributed by atoms with Gasteiger partial charge < -0.3 is 5.32 Å². The molecule has 7 nitrogen and oxygen atoms in total. The zero-order valence-corrected chi connectivity index (χ0v) is 16.4. The highest BCUT2D eigenvalue weighted by molar-refractivity contribution is 7.93. The van der Waals surface area contributed by atoms with Crippen LogP contribution in [-0.4, -0.2) is 24.5 Å². The van der Waals surface area contributed by atoms with Crippen molar-refractivity contribution in [1.29, 1.82) is 0 Å². The molecule has 2 N–H and O–H groups in total. The Morgan fingerprint density at radius 2 is 1.85 bits per heavy atom. The van der Waals surface area contributed by atoms with Crippen molar-refractivity contribution < 1.29 is 13.2 Å². The van der Waals surface area contributed by atoms with E-state index in [9.17, 15) is 13.2 Å². The second-order valence-corrected chi connectivity index (χ2v) is 8.55. The molecule has 0 fully saturated rings. The fourth-order valence-corrected chi connectivity index (χ4v) is 4.23. The van der Waals surface area contributed by atoms with Crippen molar-refractivity contribution in [2.75, 3.05) is 10.0 Å². The number of amides is 1. The van der Waals surface area contributed by atoms with Gasteiger partial charge in [-0.3, -0.25) is 9.52 Å². The van der Waals surface area contributed by atoms with Crippen molar-refractivity contribution >= 4 is 38.1 Å². The number of aromatic nitrogens is 2. The summed E-state index contributed by atoms with van der Waals surface area (Å²) < 4.78 is 27.3. The third kappa shape index (κ3) is 4.69. The summed E-state index contributed by atoms with van der Waals surface area (Å²) in [5.74, 6) is -0.256. The lowest BCUT2D eigenvalue weighted by atomic mass is 10.1. The van der Waals surface area contributed by atoms with Crippen molar-refractivity contribution in [1.82, 2.24) is 10.2 Å². The van der Waals surface area contributed by atoms with Crippen LogP contribution in [0.2, 0.25) is 0 Å². The van der Waals surface area contributed by atoms with Crippen molar-refractivity contribution in [3.8, 4) is 0 Å². The first-order valence-electron chi connectivity index (χ1n) is 8.20. The smallest absolute Gasteiger partial charge is 0.263 e. The molecule has 0 bridgehead atoms. The van der Waals surface area contributed by atoms with Crippen LogP contribution in [0.15, 0.2) is 53.4 Å². The molecule has 0 saturated carbocycles. The number of rotatable bonds is 6. The van der Waals surface area contributed by atoms with Crippen LogP contribution >= 0.6 is 11.3 Å². The molecule has 9 heteroatoms. The molecular weight excluding hydrogens is 384 g/mol. The number of aryl methyl sites for hydroxylation is 2. The van der Waals surface area contributed by atoms with Gasteiger partial charge in [-0.25, -0.2) is 8.42 Å². The van der Waals surface area contributed by atoms with E-state index in [0.29, 0.717) is 17.7 Å². The van der Waals surface area contributed by atoms with E-state index < -0.39 is 10.0 Å². The molecule has 1 heterocycles. The monoisotopic (exact) mass is 402 g/mol. The normalized spacial score (nSPS) is 11.2. The maximum atomic E-state index is 12.4. The number of hydrogen-bond donors (Lipinski definition) is 2. The van der Waals surface area contributed by atoms with Crippen molar-refractivity contribution in [2.24, 2.45) is 0 Å². The summed E-state index contributed by atoms with van der Waals surface area (Å²) in [4.78, 5) is 12.3. The third-order valence-corrected chi connectivity index (χ3v) is 6.16. The molecule has 27 heavy (non-hydrogen) atoms. The summed E-state index contributed by atoms with van der Waals surface area (Å²) in [6.07, 6.45) is 0.689. The van der Waals surface area contributed by atoms with Gasteiger partial charge in [0.25, 0.3) is 15.9 Å². The van der Waals surface area contributed by atoms with Gasteiger partial charge in [0.1, 0.15) is 5.01 Å². The molecule has 0 radical (unpaired) electrons. The number of benzene rings is 2. The van der Waals surface area contributed by atoms with E-state index in [0.717, 1.165) is 10.6 Å². The molecule has 1 aromatic heterocycles.